The van der Waals surface area contributed by atoms with Gasteiger partial charge in [-0.1, -0.05) is 0 Å². The van der Waals surface area contributed by atoms with Gasteiger partial charge in [0.1, 0.15) is 5.56 Å². The normalized spacial score (nSPS) is 10.2. The van der Waals surface area contributed by atoms with Gasteiger partial charge in [-0.2, -0.15) is 0 Å². The molecule has 3 N–H and O–H groups in total. The number of aromatic nitrogens is 1. The Bertz CT molecular complexity index is 695. The van der Waals surface area contributed by atoms with Crippen molar-refractivity contribution in [3.8, 4) is 5.75 Å². The van der Waals surface area contributed by atoms with Gasteiger partial charge in [0.05, 0.1) is 0 Å². The number of aryl methyl sites for hydroxylation is 1. The Labute approximate surface area is 107 Å². The molecule has 1 heterocycles. The molecule has 5 nitrogen and oxygen atoms in total. The molecule has 0 aliphatic heterocycles. The summed E-state index contributed by atoms with van der Waals surface area (Å²) >= 11 is 0. The van der Waals surface area contributed by atoms with E-state index in [2.05, 4.69) is 10.3 Å². The second kappa shape index (κ2) is 4.93. The first-order chi connectivity index (χ1) is 8.97. The van der Waals surface area contributed by atoms with Gasteiger partial charge in [-0.15, -0.1) is 0 Å². The number of benzene rings is 1. The van der Waals surface area contributed by atoms with Crippen LogP contribution in [-0.2, 0) is 0 Å². The van der Waals surface area contributed by atoms with Crippen LogP contribution in [0, 0.1) is 12.7 Å². The Morgan fingerprint density at radius 2 is 2.05 bits per heavy atom. The van der Waals surface area contributed by atoms with E-state index in [0.717, 1.165) is 12.1 Å². The van der Waals surface area contributed by atoms with Crippen LogP contribution in [0.15, 0.2) is 35.1 Å². The number of nitrogens with one attached hydrogen (secondary N) is 2. The summed E-state index contributed by atoms with van der Waals surface area (Å²) in [7, 11) is 0. The average molecular weight is 262 g/mol. The standard InChI is InChI=1S/C13H11FN2O3/c1-7-2-4-9(12(18)15-7)13(19)16-8-3-5-11(17)10(14)6-8/h2-6,17H,1H3,(H,15,18)(H,16,19). The van der Waals surface area contributed by atoms with E-state index < -0.39 is 23.0 Å². The van der Waals surface area contributed by atoms with Crippen molar-refractivity contribution in [1.29, 1.82) is 0 Å². The SMILES string of the molecule is Cc1ccc(C(=O)Nc2ccc(O)c(F)c2)c(=O)[nH]1. The number of H-pyrrole nitrogens is 1. The molecule has 0 bridgehead atoms. The van der Waals surface area contributed by atoms with Crippen LogP contribution >= 0.6 is 0 Å². The summed E-state index contributed by atoms with van der Waals surface area (Å²) in [6.45, 7) is 1.69. The molecule has 2 rings (SSSR count). The van der Waals surface area contributed by atoms with Gasteiger partial charge in [0, 0.05) is 17.4 Å². The van der Waals surface area contributed by atoms with E-state index in [9.17, 15) is 14.0 Å². The topological polar surface area (TPSA) is 82.2 Å². The molecular formula is C13H11FN2O3. The van der Waals surface area contributed by atoms with Gasteiger partial charge in [0.25, 0.3) is 11.5 Å². The molecule has 6 heteroatoms. The van der Waals surface area contributed by atoms with Crippen LogP contribution in [0.4, 0.5) is 10.1 Å². The van der Waals surface area contributed by atoms with Crippen LogP contribution in [0.3, 0.4) is 0 Å². The van der Waals surface area contributed by atoms with Crippen LogP contribution in [0.25, 0.3) is 0 Å². The lowest BCUT2D eigenvalue weighted by atomic mass is 10.2. The van der Waals surface area contributed by atoms with Gasteiger partial charge in [-0.05, 0) is 31.2 Å². The van der Waals surface area contributed by atoms with Crippen LogP contribution in [0.5, 0.6) is 5.75 Å². The number of pyridine rings is 1. The van der Waals surface area contributed by atoms with Crippen LogP contribution in [-0.4, -0.2) is 16.0 Å². The number of amides is 1. The average Bonchev–Trinajstić information content (AvgIpc) is 2.33. The highest BCUT2D eigenvalue weighted by Crippen LogP contribution is 2.19. The molecule has 2 aromatic rings. The summed E-state index contributed by atoms with van der Waals surface area (Å²) in [6.07, 6.45) is 0. The second-order valence-corrected chi connectivity index (χ2v) is 4.00. The predicted octanol–water partition coefficient (Wildman–Crippen LogP) is 1.78. The molecule has 0 atom stereocenters. The largest absolute Gasteiger partial charge is 0.505 e. The molecule has 1 aromatic heterocycles. The lowest BCUT2D eigenvalue weighted by Crippen LogP contribution is -2.23. The minimum atomic E-state index is -0.851. The van der Waals surface area contributed by atoms with Crippen molar-refractivity contribution in [1.82, 2.24) is 4.98 Å². The zero-order valence-corrected chi connectivity index (χ0v) is 10.0. The monoisotopic (exact) mass is 262 g/mol. The van der Waals surface area contributed by atoms with Crippen molar-refractivity contribution in [3.05, 3.63) is 57.8 Å². The highest BCUT2D eigenvalue weighted by Gasteiger charge is 2.11. The second-order valence-electron chi connectivity index (χ2n) is 4.00. The molecule has 0 saturated heterocycles. The van der Waals surface area contributed by atoms with Gasteiger partial charge in [-0.25, -0.2) is 4.39 Å². The molecule has 19 heavy (non-hydrogen) atoms. The molecule has 98 valence electrons. The minimum absolute atomic E-state index is 0.0703. The molecule has 0 fully saturated rings. The number of halogens is 1. The summed E-state index contributed by atoms with van der Waals surface area (Å²) < 4.78 is 13.1. The molecular weight excluding hydrogens is 251 g/mol. The summed E-state index contributed by atoms with van der Waals surface area (Å²) in [5, 5.41) is 11.4. The summed E-state index contributed by atoms with van der Waals surface area (Å²) in [5.74, 6) is -2.01. The lowest BCUT2D eigenvalue weighted by Gasteiger charge is -2.05. The maximum atomic E-state index is 13.1. The van der Waals surface area contributed by atoms with Crippen molar-refractivity contribution in [2.24, 2.45) is 0 Å². The molecule has 0 radical (unpaired) electrons. The van der Waals surface area contributed by atoms with E-state index in [1.54, 1.807) is 13.0 Å². The molecule has 0 aliphatic rings. The van der Waals surface area contributed by atoms with Crippen LogP contribution in [0.1, 0.15) is 16.1 Å². The Morgan fingerprint density at radius 3 is 2.68 bits per heavy atom. The first kappa shape index (κ1) is 12.8. The van der Waals surface area contributed by atoms with Gasteiger partial charge in [0.2, 0.25) is 0 Å². The number of aromatic hydroxyl groups is 1. The summed E-state index contributed by atoms with van der Waals surface area (Å²) in [5.41, 5.74) is 0.202. The first-order valence-electron chi connectivity index (χ1n) is 5.47. The van der Waals surface area contributed by atoms with Crippen molar-refractivity contribution in [2.75, 3.05) is 5.32 Å². The quantitative estimate of drug-likeness (QED) is 0.721. The van der Waals surface area contributed by atoms with Crippen LogP contribution in [0.2, 0.25) is 0 Å². The number of rotatable bonds is 2. The van der Waals surface area contributed by atoms with Crippen molar-refractivity contribution < 1.29 is 14.3 Å². The third kappa shape index (κ3) is 2.79. The molecule has 0 unspecified atom stereocenters. The zero-order chi connectivity index (χ0) is 14.0. The summed E-state index contributed by atoms with van der Waals surface area (Å²) in [4.78, 5) is 25.9. The van der Waals surface area contributed by atoms with Gasteiger partial charge in [0.15, 0.2) is 11.6 Å². The van der Waals surface area contributed by atoms with Crippen molar-refractivity contribution in [2.45, 2.75) is 6.92 Å². The lowest BCUT2D eigenvalue weighted by molar-refractivity contribution is 0.102. The van der Waals surface area contributed by atoms with Gasteiger partial charge < -0.3 is 15.4 Å². The number of anilines is 1. The highest BCUT2D eigenvalue weighted by atomic mass is 19.1. The van der Waals surface area contributed by atoms with Crippen molar-refractivity contribution in [3.63, 3.8) is 0 Å². The maximum absolute atomic E-state index is 13.1. The Balaban J connectivity index is 2.25. The fourth-order valence-electron chi connectivity index (χ4n) is 1.53. The van der Waals surface area contributed by atoms with E-state index in [-0.39, 0.29) is 11.3 Å². The number of hydrogen-bond acceptors (Lipinski definition) is 3. The smallest absolute Gasteiger partial charge is 0.261 e. The molecule has 1 aromatic carbocycles. The molecule has 0 aliphatic carbocycles. The van der Waals surface area contributed by atoms with E-state index in [0.29, 0.717) is 5.69 Å². The third-order valence-electron chi connectivity index (χ3n) is 2.51. The van der Waals surface area contributed by atoms with Crippen molar-refractivity contribution >= 4 is 11.6 Å². The number of phenols is 1. The minimum Gasteiger partial charge on any atom is -0.505 e. The van der Waals surface area contributed by atoms with E-state index in [1.165, 1.54) is 12.1 Å². The van der Waals surface area contributed by atoms with E-state index in [1.807, 2.05) is 0 Å². The molecule has 1 amide bonds. The number of aromatic amines is 1. The maximum Gasteiger partial charge on any atom is 0.261 e. The number of carbonyl (C=O) groups excluding carboxylic acids is 1. The predicted molar refractivity (Wildman–Crippen MR) is 67.8 cm³/mol. The fraction of sp³-hybridized carbons (Fsp3) is 0.0769. The van der Waals surface area contributed by atoms with Crippen LogP contribution < -0.4 is 10.9 Å². The first-order valence-corrected chi connectivity index (χ1v) is 5.47. The summed E-state index contributed by atoms with van der Waals surface area (Å²) in [6, 6.07) is 6.40. The number of hydrogen-bond donors (Lipinski definition) is 3. The van der Waals surface area contributed by atoms with E-state index in [4.69, 9.17) is 5.11 Å². The van der Waals surface area contributed by atoms with E-state index >= 15 is 0 Å². The Morgan fingerprint density at radius 1 is 1.32 bits per heavy atom. The fourth-order valence-corrected chi connectivity index (χ4v) is 1.53. The molecule has 0 saturated carbocycles. The van der Waals surface area contributed by atoms with Gasteiger partial charge in [-0.3, -0.25) is 9.59 Å². The highest BCUT2D eigenvalue weighted by molar-refractivity contribution is 6.04. The third-order valence-corrected chi connectivity index (χ3v) is 2.51. The zero-order valence-electron chi connectivity index (χ0n) is 10.0. The number of phenolic OH excluding ortho intramolecular Hbond substituents is 1. The number of carbonyl (C=O) groups is 1. The Kier molecular flexibility index (Phi) is 3.33. The van der Waals surface area contributed by atoms with Gasteiger partial charge >= 0.3 is 0 Å². The molecule has 0 spiro atoms. The Hall–Kier alpha value is -2.63.